The van der Waals surface area contributed by atoms with E-state index in [1.807, 2.05) is 6.92 Å². The molecule has 11 heavy (non-hydrogen) atoms. The van der Waals surface area contributed by atoms with E-state index in [-0.39, 0.29) is 0 Å². The van der Waals surface area contributed by atoms with Gasteiger partial charge in [0.2, 0.25) is 0 Å². The highest BCUT2D eigenvalue weighted by molar-refractivity contribution is 7.09. The Kier molecular flexibility index (Phi) is 1.89. The van der Waals surface area contributed by atoms with Crippen LogP contribution in [-0.2, 0) is 4.74 Å². The standard InChI is InChI=1S/C7H10N2OS/c1-5-3-11-7(9-5)6-2-10-4-8-6/h3,6,8H,2,4H2,1H3/t6-/m1/s1. The number of rotatable bonds is 1. The maximum Gasteiger partial charge on any atom is 0.112 e. The highest BCUT2D eigenvalue weighted by Crippen LogP contribution is 2.20. The first kappa shape index (κ1) is 7.21. The minimum absolute atomic E-state index is 0.327. The lowest BCUT2D eigenvalue weighted by Crippen LogP contribution is -2.14. The Hall–Kier alpha value is -0.450. The van der Waals surface area contributed by atoms with Crippen molar-refractivity contribution in [1.29, 1.82) is 0 Å². The molecule has 2 rings (SSSR count). The zero-order valence-electron chi connectivity index (χ0n) is 6.33. The van der Waals surface area contributed by atoms with Gasteiger partial charge >= 0.3 is 0 Å². The van der Waals surface area contributed by atoms with Crippen molar-refractivity contribution in [3.63, 3.8) is 0 Å². The molecular formula is C7H10N2OS. The minimum atomic E-state index is 0.327. The molecule has 4 heteroatoms. The summed E-state index contributed by atoms with van der Waals surface area (Å²) in [7, 11) is 0. The summed E-state index contributed by atoms with van der Waals surface area (Å²) in [5.74, 6) is 0. The van der Waals surface area contributed by atoms with Crippen LogP contribution in [0.15, 0.2) is 5.38 Å². The zero-order chi connectivity index (χ0) is 7.68. The van der Waals surface area contributed by atoms with Gasteiger partial charge in [-0.2, -0.15) is 0 Å². The third kappa shape index (κ3) is 1.42. The number of hydrogen-bond acceptors (Lipinski definition) is 4. The van der Waals surface area contributed by atoms with E-state index < -0.39 is 0 Å². The maximum absolute atomic E-state index is 5.18. The lowest BCUT2D eigenvalue weighted by atomic mass is 10.3. The van der Waals surface area contributed by atoms with Gasteiger partial charge in [-0.05, 0) is 6.92 Å². The normalized spacial score (nSPS) is 24.3. The predicted octanol–water partition coefficient (Wildman–Crippen LogP) is 1.07. The van der Waals surface area contributed by atoms with E-state index in [4.69, 9.17) is 4.74 Å². The van der Waals surface area contributed by atoms with Crippen LogP contribution in [0.1, 0.15) is 16.7 Å². The van der Waals surface area contributed by atoms with E-state index in [2.05, 4.69) is 15.7 Å². The zero-order valence-corrected chi connectivity index (χ0v) is 7.15. The summed E-state index contributed by atoms with van der Waals surface area (Å²) in [6.45, 7) is 3.42. The monoisotopic (exact) mass is 170 g/mol. The Morgan fingerprint density at radius 3 is 3.27 bits per heavy atom. The molecule has 0 unspecified atom stereocenters. The fourth-order valence-electron chi connectivity index (χ4n) is 1.09. The van der Waals surface area contributed by atoms with Crippen LogP contribution in [0.3, 0.4) is 0 Å². The van der Waals surface area contributed by atoms with Gasteiger partial charge in [-0.25, -0.2) is 4.98 Å². The van der Waals surface area contributed by atoms with Crippen LogP contribution in [0.25, 0.3) is 0 Å². The second-order valence-corrected chi connectivity index (χ2v) is 3.49. The van der Waals surface area contributed by atoms with Crippen molar-refractivity contribution in [2.45, 2.75) is 13.0 Å². The first-order chi connectivity index (χ1) is 5.36. The molecule has 1 aromatic heterocycles. The van der Waals surface area contributed by atoms with Gasteiger partial charge in [-0.3, -0.25) is 5.32 Å². The van der Waals surface area contributed by atoms with E-state index in [1.165, 1.54) is 0 Å². The fourth-order valence-corrected chi connectivity index (χ4v) is 1.94. The lowest BCUT2D eigenvalue weighted by Gasteiger charge is -2.01. The predicted molar refractivity (Wildman–Crippen MR) is 43.5 cm³/mol. The quantitative estimate of drug-likeness (QED) is 0.684. The van der Waals surface area contributed by atoms with Crippen LogP contribution in [0.5, 0.6) is 0 Å². The Labute approximate surface area is 69.4 Å². The molecule has 0 amide bonds. The molecule has 3 nitrogen and oxygen atoms in total. The molecule has 1 saturated heterocycles. The Morgan fingerprint density at radius 2 is 2.73 bits per heavy atom. The number of nitrogens with one attached hydrogen (secondary N) is 1. The fraction of sp³-hybridized carbons (Fsp3) is 0.571. The van der Waals surface area contributed by atoms with Crippen LogP contribution in [0, 0.1) is 6.92 Å². The van der Waals surface area contributed by atoms with Gasteiger partial charge in [0.05, 0.1) is 19.4 Å². The number of nitrogens with zero attached hydrogens (tertiary/aromatic N) is 1. The smallest absolute Gasteiger partial charge is 0.112 e. The van der Waals surface area contributed by atoms with Crippen molar-refractivity contribution in [2.75, 3.05) is 13.3 Å². The van der Waals surface area contributed by atoms with Gasteiger partial charge in [-0.1, -0.05) is 0 Å². The molecule has 60 valence electrons. The topological polar surface area (TPSA) is 34.1 Å². The Balaban J connectivity index is 2.15. The molecule has 1 aromatic rings. The number of hydrogen-bond donors (Lipinski definition) is 1. The van der Waals surface area contributed by atoms with E-state index in [0.717, 1.165) is 17.3 Å². The molecule has 1 aliphatic heterocycles. The van der Waals surface area contributed by atoms with Crippen LogP contribution in [-0.4, -0.2) is 18.3 Å². The average Bonchev–Trinajstić information content (AvgIpc) is 2.55. The highest BCUT2D eigenvalue weighted by atomic mass is 32.1. The van der Waals surface area contributed by atoms with Crippen molar-refractivity contribution in [3.8, 4) is 0 Å². The largest absolute Gasteiger partial charge is 0.364 e. The number of thiazole rings is 1. The van der Waals surface area contributed by atoms with E-state index in [9.17, 15) is 0 Å². The van der Waals surface area contributed by atoms with Crippen molar-refractivity contribution < 1.29 is 4.74 Å². The molecule has 0 bridgehead atoms. The molecule has 0 radical (unpaired) electrons. The molecule has 1 aliphatic rings. The first-order valence-corrected chi connectivity index (χ1v) is 4.47. The summed E-state index contributed by atoms with van der Waals surface area (Å²) < 4.78 is 5.18. The molecule has 2 heterocycles. The van der Waals surface area contributed by atoms with Crippen LogP contribution < -0.4 is 5.32 Å². The number of ether oxygens (including phenoxy) is 1. The van der Waals surface area contributed by atoms with Crippen molar-refractivity contribution >= 4 is 11.3 Å². The number of aryl methyl sites for hydroxylation is 1. The molecule has 1 atom stereocenters. The molecule has 0 aromatic carbocycles. The SMILES string of the molecule is Cc1csc([C@H]2COCN2)n1. The van der Waals surface area contributed by atoms with Gasteiger partial charge in [0.1, 0.15) is 5.01 Å². The second kappa shape index (κ2) is 2.89. The second-order valence-electron chi connectivity index (χ2n) is 2.60. The van der Waals surface area contributed by atoms with E-state index in [1.54, 1.807) is 11.3 Å². The van der Waals surface area contributed by atoms with Gasteiger partial charge in [0.15, 0.2) is 0 Å². The summed E-state index contributed by atoms with van der Waals surface area (Å²) in [5, 5.41) is 6.42. The van der Waals surface area contributed by atoms with Gasteiger partial charge in [0, 0.05) is 11.1 Å². The van der Waals surface area contributed by atoms with Crippen LogP contribution in [0.4, 0.5) is 0 Å². The molecule has 0 spiro atoms. The Morgan fingerprint density at radius 1 is 1.82 bits per heavy atom. The summed E-state index contributed by atoms with van der Waals surface area (Å²) >= 11 is 1.69. The molecule has 1 N–H and O–H groups in total. The molecular weight excluding hydrogens is 160 g/mol. The van der Waals surface area contributed by atoms with E-state index in [0.29, 0.717) is 12.8 Å². The Bertz CT molecular complexity index is 242. The van der Waals surface area contributed by atoms with Crippen LogP contribution in [0.2, 0.25) is 0 Å². The summed E-state index contributed by atoms with van der Waals surface area (Å²) in [4.78, 5) is 4.37. The molecule has 0 saturated carbocycles. The summed E-state index contributed by atoms with van der Waals surface area (Å²) in [6, 6.07) is 0.327. The third-order valence-corrected chi connectivity index (χ3v) is 2.73. The van der Waals surface area contributed by atoms with Crippen molar-refractivity contribution in [2.24, 2.45) is 0 Å². The van der Waals surface area contributed by atoms with Crippen molar-refractivity contribution in [3.05, 3.63) is 16.1 Å². The highest BCUT2D eigenvalue weighted by Gasteiger charge is 2.18. The van der Waals surface area contributed by atoms with Crippen LogP contribution >= 0.6 is 11.3 Å². The minimum Gasteiger partial charge on any atom is -0.364 e. The molecule has 1 fully saturated rings. The lowest BCUT2D eigenvalue weighted by molar-refractivity contribution is 0.189. The number of aromatic nitrogens is 1. The third-order valence-electron chi connectivity index (χ3n) is 1.65. The van der Waals surface area contributed by atoms with Gasteiger partial charge < -0.3 is 4.74 Å². The maximum atomic E-state index is 5.18. The average molecular weight is 170 g/mol. The van der Waals surface area contributed by atoms with Gasteiger partial charge in [0.25, 0.3) is 0 Å². The summed E-state index contributed by atoms with van der Waals surface area (Å²) in [6.07, 6.45) is 0. The first-order valence-electron chi connectivity index (χ1n) is 3.59. The van der Waals surface area contributed by atoms with E-state index >= 15 is 0 Å². The van der Waals surface area contributed by atoms with Crippen molar-refractivity contribution in [1.82, 2.24) is 10.3 Å². The van der Waals surface area contributed by atoms with Gasteiger partial charge in [-0.15, -0.1) is 11.3 Å². The summed E-state index contributed by atoms with van der Waals surface area (Å²) in [5.41, 5.74) is 1.10. The molecule has 0 aliphatic carbocycles.